The van der Waals surface area contributed by atoms with E-state index in [0.717, 1.165) is 25.7 Å². The van der Waals surface area contributed by atoms with Crippen LogP contribution < -0.4 is 0 Å². The molecule has 5 saturated carbocycles. The maximum absolute atomic E-state index is 12.4. The summed E-state index contributed by atoms with van der Waals surface area (Å²) in [5.41, 5.74) is 0.657. The van der Waals surface area contributed by atoms with Gasteiger partial charge in [0.15, 0.2) is 6.29 Å². The Morgan fingerprint density at radius 1 is 1.02 bits per heavy atom. The number of rotatable bonds is 9. The van der Waals surface area contributed by atoms with Gasteiger partial charge >= 0.3 is 0 Å². The summed E-state index contributed by atoms with van der Waals surface area (Å²) >= 11 is 0. The summed E-state index contributed by atoms with van der Waals surface area (Å²) in [4.78, 5) is 0. The fraction of sp³-hybridized carbons (Fsp3) is 0.946. The third-order valence-electron chi connectivity index (χ3n) is 15.5. The molecule has 7 heteroatoms. The molecule has 5 aliphatic carbocycles. The molecule has 0 bridgehead atoms. The second-order valence-corrected chi connectivity index (χ2v) is 17.5. The molecular formula is C37H62O7. The molecule has 44 heavy (non-hydrogen) atoms. The minimum atomic E-state index is -1.08. The molecule has 252 valence electrons. The van der Waals surface area contributed by atoms with Gasteiger partial charge in [0.05, 0.1) is 31.5 Å². The van der Waals surface area contributed by atoms with E-state index in [4.69, 9.17) is 18.9 Å². The van der Waals surface area contributed by atoms with Crippen LogP contribution in [-0.2, 0) is 18.9 Å². The van der Waals surface area contributed by atoms with E-state index in [2.05, 4.69) is 47.6 Å². The number of fused-ring (bicyclic) bond motifs is 3. The summed E-state index contributed by atoms with van der Waals surface area (Å²) in [6, 6.07) is 0. The zero-order valence-electron chi connectivity index (χ0n) is 29.0. The SMILES string of the molecule is CO[C@@H]1O[C@@H](C(O)C(C)(CO)OC)C[C@H]1[C@@H]1CC[C@]23C[C@]12CC[C@@H]1[C@@]2(C)CC[C@@H](OCC=C(C)C)C(C)(C)[C@@H]2C[C@@H](O)[C@]13C. The highest BCUT2D eigenvalue weighted by Gasteiger charge is 2.85. The van der Waals surface area contributed by atoms with E-state index in [1.54, 1.807) is 14.0 Å². The van der Waals surface area contributed by atoms with E-state index in [1.165, 1.54) is 38.4 Å². The Bertz CT molecular complexity index is 1110. The molecule has 6 aliphatic rings. The first-order chi connectivity index (χ1) is 20.6. The molecule has 0 radical (unpaired) electrons. The first kappa shape index (κ1) is 33.4. The maximum Gasteiger partial charge on any atom is 0.160 e. The van der Waals surface area contributed by atoms with Crippen molar-refractivity contribution in [1.82, 2.24) is 0 Å². The van der Waals surface area contributed by atoms with Crippen LogP contribution >= 0.6 is 0 Å². The molecule has 14 atom stereocenters. The summed E-state index contributed by atoms with van der Waals surface area (Å²) in [6.45, 7) is 16.3. The molecule has 1 aliphatic heterocycles. The van der Waals surface area contributed by atoms with Crippen molar-refractivity contribution in [2.24, 2.45) is 50.7 Å². The Labute approximate surface area is 266 Å². The lowest BCUT2D eigenvalue weighted by Crippen LogP contribution is -2.66. The third-order valence-corrected chi connectivity index (χ3v) is 15.5. The van der Waals surface area contributed by atoms with Gasteiger partial charge in [-0.3, -0.25) is 0 Å². The zero-order chi connectivity index (χ0) is 32.1. The predicted molar refractivity (Wildman–Crippen MR) is 170 cm³/mol. The van der Waals surface area contributed by atoms with Gasteiger partial charge in [-0.2, -0.15) is 0 Å². The Hall–Kier alpha value is -0.540. The quantitative estimate of drug-likeness (QED) is 0.278. The maximum atomic E-state index is 12.4. The van der Waals surface area contributed by atoms with Crippen molar-refractivity contribution in [3.63, 3.8) is 0 Å². The minimum Gasteiger partial charge on any atom is -0.393 e. The molecule has 0 aromatic heterocycles. The monoisotopic (exact) mass is 618 g/mol. The number of ether oxygens (including phenoxy) is 4. The van der Waals surface area contributed by atoms with Crippen molar-refractivity contribution in [3.05, 3.63) is 11.6 Å². The number of methoxy groups -OCH3 is 2. The highest BCUT2D eigenvalue weighted by atomic mass is 16.7. The smallest absolute Gasteiger partial charge is 0.160 e. The van der Waals surface area contributed by atoms with Crippen LogP contribution in [0.25, 0.3) is 0 Å². The van der Waals surface area contributed by atoms with Crippen molar-refractivity contribution in [2.45, 2.75) is 143 Å². The number of aliphatic hydroxyl groups excluding tert-OH is 3. The Morgan fingerprint density at radius 2 is 1.75 bits per heavy atom. The van der Waals surface area contributed by atoms with Crippen LogP contribution in [0.5, 0.6) is 0 Å². The first-order valence-electron chi connectivity index (χ1n) is 17.6. The van der Waals surface area contributed by atoms with Gasteiger partial charge in [0.25, 0.3) is 0 Å². The lowest BCUT2D eigenvalue weighted by Gasteiger charge is -2.68. The zero-order valence-corrected chi connectivity index (χ0v) is 29.0. The summed E-state index contributed by atoms with van der Waals surface area (Å²) in [5.74, 6) is 1.55. The average molecular weight is 619 g/mol. The largest absolute Gasteiger partial charge is 0.393 e. The van der Waals surface area contributed by atoms with Crippen LogP contribution in [0.4, 0.5) is 0 Å². The van der Waals surface area contributed by atoms with E-state index in [1.807, 2.05) is 0 Å². The van der Waals surface area contributed by atoms with Gasteiger partial charge < -0.3 is 34.3 Å². The summed E-state index contributed by atoms with van der Waals surface area (Å²) in [5, 5.41) is 33.6. The number of aliphatic hydroxyl groups is 3. The second kappa shape index (κ2) is 11.0. The van der Waals surface area contributed by atoms with Gasteiger partial charge in [0.2, 0.25) is 0 Å². The van der Waals surface area contributed by atoms with E-state index in [0.29, 0.717) is 30.8 Å². The number of hydrogen-bond acceptors (Lipinski definition) is 7. The normalized spacial score (nSPS) is 50.9. The number of hydrogen-bond donors (Lipinski definition) is 3. The molecule has 1 saturated heterocycles. The lowest BCUT2D eigenvalue weighted by atomic mass is 9.37. The highest BCUT2D eigenvalue weighted by molar-refractivity contribution is 5.33. The van der Waals surface area contributed by atoms with Gasteiger partial charge in [-0.25, -0.2) is 0 Å². The van der Waals surface area contributed by atoms with Gasteiger partial charge in [0, 0.05) is 25.6 Å². The number of allylic oxidation sites excluding steroid dienone is 1. The van der Waals surface area contributed by atoms with E-state index >= 15 is 0 Å². The topological polar surface area (TPSA) is 97.6 Å². The van der Waals surface area contributed by atoms with E-state index < -0.39 is 17.8 Å². The minimum absolute atomic E-state index is 0.00670. The first-order valence-corrected chi connectivity index (χ1v) is 17.6. The van der Waals surface area contributed by atoms with Crippen molar-refractivity contribution < 1.29 is 34.3 Å². The van der Waals surface area contributed by atoms with Gasteiger partial charge in [-0.1, -0.05) is 39.3 Å². The lowest BCUT2D eigenvalue weighted by molar-refractivity contribution is -0.247. The van der Waals surface area contributed by atoms with Gasteiger partial charge in [0.1, 0.15) is 11.7 Å². The molecule has 1 heterocycles. The van der Waals surface area contributed by atoms with Gasteiger partial charge in [-0.15, -0.1) is 0 Å². The molecule has 6 fully saturated rings. The molecule has 0 aromatic rings. The predicted octanol–water partition coefficient (Wildman–Crippen LogP) is 5.88. The van der Waals surface area contributed by atoms with Crippen LogP contribution in [0.1, 0.15) is 106 Å². The molecule has 2 unspecified atom stereocenters. The second-order valence-electron chi connectivity index (χ2n) is 17.5. The summed E-state index contributed by atoms with van der Waals surface area (Å²) in [7, 11) is 3.24. The Morgan fingerprint density at radius 3 is 2.39 bits per heavy atom. The van der Waals surface area contributed by atoms with Crippen LogP contribution in [-0.4, -0.2) is 79.1 Å². The van der Waals surface area contributed by atoms with Crippen molar-refractivity contribution >= 4 is 0 Å². The van der Waals surface area contributed by atoms with Gasteiger partial charge in [-0.05, 0) is 118 Å². The molecule has 0 amide bonds. The third kappa shape index (κ3) is 4.31. The van der Waals surface area contributed by atoms with E-state index in [-0.39, 0.29) is 58.1 Å². The molecule has 0 spiro atoms. The van der Waals surface area contributed by atoms with Crippen LogP contribution in [0.3, 0.4) is 0 Å². The Kier molecular flexibility index (Phi) is 8.34. The van der Waals surface area contributed by atoms with Crippen LogP contribution in [0.2, 0.25) is 0 Å². The molecular weight excluding hydrogens is 556 g/mol. The molecule has 3 N–H and O–H groups in total. The fourth-order valence-electron chi connectivity index (χ4n) is 13.0. The van der Waals surface area contributed by atoms with Crippen LogP contribution in [0.15, 0.2) is 11.6 Å². The molecule has 0 aromatic carbocycles. The van der Waals surface area contributed by atoms with Crippen molar-refractivity contribution in [1.29, 1.82) is 0 Å². The van der Waals surface area contributed by atoms with E-state index in [9.17, 15) is 15.3 Å². The average Bonchev–Trinajstić information content (AvgIpc) is 3.30. The summed E-state index contributed by atoms with van der Waals surface area (Å²) in [6.07, 6.45) is 9.99. The molecule has 7 nitrogen and oxygen atoms in total. The fourth-order valence-corrected chi connectivity index (χ4v) is 13.0. The Balaban J connectivity index is 1.25. The standard InChI is InChI=1S/C37H62O7/c1-22(2)13-17-43-29-12-14-33(5)26-11-15-36-20-37(36,35(26,7)28(39)19-27(33)32(29,3)4)16-10-24(36)23-18-25(44-31(23)41-8)30(40)34(6,21-38)42-9/h13,23-31,38-40H,10-12,14-21H2,1-9H3/t23-,24-,25+,26+,27-,28+,29+,30?,31+,33+,34?,35-,36+,37+/m0/s1. The molecule has 6 rings (SSSR count). The summed E-state index contributed by atoms with van der Waals surface area (Å²) < 4.78 is 24.4. The van der Waals surface area contributed by atoms with Crippen molar-refractivity contribution in [2.75, 3.05) is 27.4 Å². The highest BCUT2D eigenvalue weighted by Crippen LogP contribution is 2.91. The van der Waals surface area contributed by atoms with Crippen LogP contribution in [0, 0.1) is 50.7 Å². The van der Waals surface area contributed by atoms with Crippen molar-refractivity contribution in [3.8, 4) is 0 Å².